The molecular weight excluding hydrogens is 239 g/mol. The molecule has 0 fully saturated rings. The second-order valence-electron chi connectivity index (χ2n) is 4.07. The number of rotatable bonds is 3. The molecule has 0 radical (unpaired) electrons. The lowest BCUT2D eigenvalue weighted by Gasteiger charge is -2.13. The minimum absolute atomic E-state index is 0.162. The van der Waals surface area contributed by atoms with Crippen molar-refractivity contribution in [2.45, 2.75) is 12.5 Å². The maximum atomic E-state index is 13.5. The van der Waals surface area contributed by atoms with Gasteiger partial charge in [0.15, 0.2) is 0 Å². The second-order valence-corrected chi connectivity index (χ2v) is 4.07. The summed E-state index contributed by atoms with van der Waals surface area (Å²) in [6.45, 7) is 0. The summed E-state index contributed by atoms with van der Waals surface area (Å²) in [4.78, 5) is 0. The molecule has 0 heterocycles. The van der Waals surface area contributed by atoms with Gasteiger partial charge in [-0.15, -0.1) is 0 Å². The van der Waals surface area contributed by atoms with E-state index >= 15 is 0 Å². The van der Waals surface area contributed by atoms with Gasteiger partial charge in [-0.1, -0.05) is 24.3 Å². The van der Waals surface area contributed by atoms with Crippen molar-refractivity contribution < 1.29 is 13.2 Å². The minimum Gasteiger partial charge on any atom is -0.324 e. The number of halogens is 3. The van der Waals surface area contributed by atoms with E-state index in [9.17, 15) is 13.2 Å². The molecule has 2 aromatic carbocycles. The Kier molecular flexibility index (Phi) is 3.67. The van der Waals surface area contributed by atoms with Gasteiger partial charge in [-0.2, -0.15) is 0 Å². The lowest BCUT2D eigenvalue weighted by molar-refractivity contribution is 0.546. The van der Waals surface area contributed by atoms with Crippen LogP contribution in [0.2, 0.25) is 0 Å². The zero-order valence-electron chi connectivity index (χ0n) is 9.54. The molecule has 1 nitrogen and oxygen atoms in total. The van der Waals surface area contributed by atoms with E-state index in [4.69, 9.17) is 5.73 Å². The van der Waals surface area contributed by atoms with Crippen molar-refractivity contribution in [3.05, 3.63) is 71.0 Å². The van der Waals surface area contributed by atoms with Gasteiger partial charge < -0.3 is 5.73 Å². The van der Waals surface area contributed by atoms with Crippen LogP contribution in [0.15, 0.2) is 42.5 Å². The van der Waals surface area contributed by atoms with Crippen LogP contribution in [0.25, 0.3) is 0 Å². The molecule has 4 heteroatoms. The topological polar surface area (TPSA) is 26.0 Å². The summed E-state index contributed by atoms with van der Waals surface area (Å²) in [5, 5.41) is 0. The molecular formula is C14H12F3N. The molecule has 2 rings (SSSR count). The van der Waals surface area contributed by atoms with Crippen LogP contribution < -0.4 is 5.73 Å². The SMILES string of the molecule is NC(Cc1ccccc1F)c1ccc(F)cc1F. The van der Waals surface area contributed by atoms with E-state index in [1.54, 1.807) is 18.2 Å². The lowest BCUT2D eigenvalue weighted by Crippen LogP contribution is -2.15. The lowest BCUT2D eigenvalue weighted by atomic mass is 9.99. The van der Waals surface area contributed by atoms with E-state index in [2.05, 4.69) is 0 Å². The Morgan fingerprint density at radius 1 is 0.944 bits per heavy atom. The van der Waals surface area contributed by atoms with Crippen molar-refractivity contribution in [1.82, 2.24) is 0 Å². The smallest absolute Gasteiger partial charge is 0.130 e. The van der Waals surface area contributed by atoms with Crippen LogP contribution >= 0.6 is 0 Å². The Balaban J connectivity index is 2.22. The third kappa shape index (κ3) is 2.71. The molecule has 0 spiro atoms. The highest BCUT2D eigenvalue weighted by Gasteiger charge is 2.14. The summed E-state index contributed by atoms with van der Waals surface area (Å²) >= 11 is 0. The normalized spacial score (nSPS) is 12.4. The number of benzene rings is 2. The average molecular weight is 251 g/mol. The van der Waals surface area contributed by atoms with Gasteiger partial charge in [-0.05, 0) is 24.1 Å². The molecule has 1 atom stereocenters. The predicted octanol–water partition coefficient (Wildman–Crippen LogP) is 3.35. The largest absolute Gasteiger partial charge is 0.324 e. The van der Waals surface area contributed by atoms with Crippen LogP contribution in [-0.4, -0.2) is 0 Å². The van der Waals surface area contributed by atoms with Gasteiger partial charge in [-0.25, -0.2) is 13.2 Å². The number of hydrogen-bond acceptors (Lipinski definition) is 1. The Hall–Kier alpha value is -1.81. The van der Waals surface area contributed by atoms with Gasteiger partial charge in [0.05, 0.1) is 0 Å². The minimum atomic E-state index is -0.709. The van der Waals surface area contributed by atoms with Crippen LogP contribution in [0.5, 0.6) is 0 Å². The monoisotopic (exact) mass is 251 g/mol. The average Bonchev–Trinajstić information content (AvgIpc) is 2.32. The molecule has 0 aliphatic carbocycles. The maximum Gasteiger partial charge on any atom is 0.130 e. The molecule has 0 aliphatic heterocycles. The first-order chi connectivity index (χ1) is 8.58. The molecule has 1 unspecified atom stereocenters. The second kappa shape index (κ2) is 5.23. The highest BCUT2D eigenvalue weighted by molar-refractivity contribution is 5.26. The van der Waals surface area contributed by atoms with Crippen molar-refractivity contribution in [3.63, 3.8) is 0 Å². The van der Waals surface area contributed by atoms with Crippen molar-refractivity contribution >= 4 is 0 Å². The Morgan fingerprint density at radius 2 is 1.67 bits per heavy atom. The van der Waals surface area contributed by atoms with E-state index < -0.39 is 17.7 Å². The van der Waals surface area contributed by atoms with Gasteiger partial charge in [-0.3, -0.25) is 0 Å². The fourth-order valence-corrected chi connectivity index (χ4v) is 1.81. The molecule has 18 heavy (non-hydrogen) atoms. The fraction of sp³-hybridized carbons (Fsp3) is 0.143. The van der Waals surface area contributed by atoms with Crippen LogP contribution in [0.1, 0.15) is 17.2 Å². The van der Waals surface area contributed by atoms with Crippen molar-refractivity contribution in [2.24, 2.45) is 5.73 Å². The van der Waals surface area contributed by atoms with Crippen LogP contribution in [0.4, 0.5) is 13.2 Å². The van der Waals surface area contributed by atoms with Gasteiger partial charge in [0.2, 0.25) is 0 Å². The van der Waals surface area contributed by atoms with Crippen molar-refractivity contribution in [1.29, 1.82) is 0 Å². The third-order valence-corrected chi connectivity index (χ3v) is 2.76. The quantitative estimate of drug-likeness (QED) is 0.889. The molecule has 2 N–H and O–H groups in total. The first-order valence-corrected chi connectivity index (χ1v) is 5.52. The summed E-state index contributed by atoms with van der Waals surface area (Å²) in [6.07, 6.45) is 0.162. The predicted molar refractivity (Wildman–Crippen MR) is 63.4 cm³/mol. The van der Waals surface area contributed by atoms with Gasteiger partial charge >= 0.3 is 0 Å². The van der Waals surface area contributed by atoms with Gasteiger partial charge in [0.1, 0.15) is 17.5 Å². The molecule has 0 saturated carbocycles. The third-order valence-electron chi connectivity index (χ3n) is 2.76. The van der Waals surface area contributed by atoms with Crippen LogP contribution in [0.3, 0.4) is 0 Å². The molecule has 0 saturated heterocycles. The van der Waals surface area contributed by atoms with Crippen molar-refractivity contribution in [3.8, 4) is 0 Å². The highest BCUT2D eigenvalue weighted by atomic mass is 19.1. The zero-order chi connectivity index (χ0) is 13.1. The van der Waals surface area contributed by atoms with Gasteiger partial charge in [0, 0.05) is 17.7 Å². The maximum absolute atomic E-state index is 13.5. The fourth-order valence-electron chi connectivity index (χ4n) is 1.81. The molecule has 0 bridgehead atoms. The summed E-state index contributed by atoms with van der Waals surface area (Å²) in [6, 6.07) is 8.67. The van der Waals surface area contributed by atoms with E-state index in [-0.39, 0.29) is 17.8 Å². The van der Waals surface area contributed by atoms with Crippen molar-refractivity contribution in [2.75, 3.05) is 0 Å². The first-order valence-electron chi connectivity index (χ1n) is 5.52. The number of hydrogen-bond donors (Lipinski definition) is 1. The highest BCUT2D eigenvalue weighted by Crippen LogP contribution is 2.21. The molecule has 0 aliphatic rings. The first kappa shape index (κ1) is 12.6. The Morgan fingerprint density at radius 3 is 2.33 bits per heavy atom. The standard InChI is InChI=1S/C14H12F3N/c15-10-5-6-11(13(17)8-10)14(18)7-9-3-1-2-4-12(9)16/h1-6,8,14H,7,18H2. The molecule has 94 valence electrons. The molecule has 0 amide bonds. The summed E-state index contributed by atoms with van der Waals surface area (Å²) in [5.74, 6) is -1.75. The van der Waals surface area contributed by atoms with Crippen LogP contribution in [-0.2, 0) is 6.42 Å². The van der Waals surface area contributed by atoms with Crippen LogP contribution in [0, 0.1) is 17.5 Å². The Bertz CT molecular complexity index is 554. The summed E-state index contributed by atoms with van der Waals surface area (Å²) in [7, 11) is 0. The Labute approximate surface area is 103 Å². The summed E-state index contributed by atoms with van der Waals surface area (Å²) < 4.78 is 39.7. The van der Waals surface area contributed by atoms with E-state index in [1.807, 2.05) is 0 Å². The molecule has 0 aromatic heterocycles. The summed E-state index contributed by atoms with van der Waals surface area (Å²) in [5.41, 5.74) is 6.41. The number of nitrogens with two attached hydrogens (primary N) is 1. The van der Waals surface area contributed by atoms with Gasteiger partial charge in [0.25, 0.3) is 0 Å². The van der Waals surface area contributed by atoms with E-state index in [0.717, 1.165) is 12.1 Å². The zero-order valence-corrected chi connectivity index (χ0v) is 9.54. The van der Waals surface area contributed by atoms with E-state index in [1.165, 1.54) is 12.1 Å². The molecule has 2 aromatic rings. The van der Waals surface area contributed by atoms with E-state index in [0.29, 0.717) is 5.56 Å².